The van der Waals surface area contributed by atoms with Crippen molar-refractivity contribution in [1.82, 2.24) is 24.9 Å². The molecule has 1 fully saturated rings. The van der Waals surface area contributed by atoms with Crippen LogP contribution in [-0.4, -0.2) is 57.0 Å². The highest BCUT2D eigenvalue weighted by Gasteiger charge is 2.22. The minimum Gasteiger partial charge on any atom is -0.378 e. The highest BCUT2D eigenvalue weighted by molar-refractivity contribution is 7.99. The van der Waals surface area contributed by atoms with Gasteiger partial charge in [0.25, 0.3) is 0 Å². The summed E-state index contributed by atoms with van der Waals surface area (Å²) in [4.78, 5) is 6.77. The van der Waals surface area contributed by atoms with Gasteiger partial charge in [0.15, 0.2) is 5.16 Å². The number of aromatic nitrogens is 5. The molecule has 170 valence electrons. The van der Waals surface area contributed by atoms with E-state index in [2.05, 4.69) is 61.0 Å². The third-order valence-corrected chi connectivity index (χ3v) is 6.55. The van der Waals surface area contributed by atoms with Crippen LogP contribution in [0.25, 0.3) is 17.1 Å². The number of rotatable bonds is 8. The third-order valence-electron chi connectivity index (χ3n) is 5.53. The number of ether oxygens (including phenoxy) is 1. The van der Waals surface area contributed by atoms with Crippen molar-refractivity contribution in [3.05, 3.63) is 66.1 Å². The maximum absolute atomic E-state index is 5.52. The van der Waals surface area contributed by atoms with Crippen LogP contribution in [0.2, 0.25) is 0 Å². The molecule has 0 atom stereocenters. The van der Waals surface area contributed by atoms with E-state index in [9.17, 15) is 0 Å². The Morgan fingerprint density at radius 1 is 0.970 bits per heavy atom. The molecule has 33 heavy (non-hydrogen) atoms. The van der Waals surface area contributed by atoms with E-state index in [1.165, 1.54) is 5.56 Å². The topological polar surface area (TPSA) is 82.1 Å². The summed E-state index contributed by atoms with van der Waals surface area (Å²) in [5.74, 6) is 3.03. The number of anilines is 1. The van der Waals surface area contributed by atoms with Crippen LogP contribution < -0.4 is 4.90 Å². The third kappa shape index (κ3) is 4.94. The van der Waals surface area contributed by atoms with E-state index in [1.54, 1.807) is 11.8 Å². The first-order chi connectivity index (χ1) is 16.3. The molecule has 1 aliphatic heterocycles. The number of nitrogens with zero attached hydrogens (tertiary/aromatic N) is 6. The van der Waals surface area contributed by atoms with Crippen molar-refractivity contribution < 1.29 is 9.26 Å². The van der Waals surface area contributed by atoms with Crippen LogP contribution in [0.3, 0.4) is 0 Å². The summed E-state index contributed by atoms with van der Waals surface area (Å²) in [5, 5.41) is 14.1. The van der Waals surface area contributed by atoms with Crippen molar-refractivity contribution in [2.45, 2.75) is 24.9 Å². The van der Waals surface area contributed by atoms with Crippen molar-refractivity contribution in [3.63, 3.8) is 0 Å². The SMILES string of the molecule is Cc1ccccc1-n1c(SCCCc2nc(-c3ccccc3)no2)nnc1N1CCOCC1. The summed E-state index contributed by atoms with van der Waals surface area (Å²) in [7, 11) is 0. The quantitative estimate of drug-likeness (QED) is 0.285. The average molecular weight is 463 g/mol. The van der Waals surface area contributed by atoms with Crippen LogP contribution in [0, 0.1) is 6.92 Å². The van der Waals surface area contributed by atoms with Crippen LogP contribution in [0.1, 0.15) is 17.9 Å². The molecule has 2 aromatic carbocycles. The van der Waals surface area contributed by atoms with Crippen LogP contribution in [0.4, 0.5) is 5.95 Å². The van der Waals surface area contributed by atoms with Crippen molar-refractivity contribution >= 4 is 17.7 Å². The highest BCUT2D eigenvalue weighted by atomic mass is 32.2. The van der Waals surface area contributed by atoms with E-state index in [0.717, 1.165) is 54.0 Å². The predicted octanol–water partition coefficient (Wildman–Crippen LogP) is 4.19. The van der Waals surface area contributed by atoms with Gasteiger partial charge in [0.2, 0.25) is 17.7 Å². The van der Waals surface area contributed by atoms with Gasteiger partial charge in [-0.3, -0.25) is 4.57 Å². The lowest BCUT2D eigenvalue weighted by molar-refractivity contribution is 0.122. The smallest absolute Gasteiger partial charge is 0.232 e. The van der Waals surface area contributed by atoms with Gasteiger partial charge in [0.05, 0.1) is 18.9 Å². The van der Waals surface area contributed by atoms with Crippen LogP contribution in [-0.2, 0) is 11.2 Å². The molecule has 0 amide bonds. The highest BCUT2D eigenvalue weighted by Crippen LogP contribution is 2.29. The number of aryl methyl sites for hydroxylation is 2. The fourth-order valence-corrected chi connectivity index (χ4v) is 4.68. The summed E-state index contributed by atoms with van der Waals surface area (Å²) >= 11 is 1.70. The minimum absolute atomic E-state index is 0.632. The predicted molar refractivity (Wildman–Crippen MR) is 128 cm³/mol. The molecule has 0 spiro atoms. The molecule has 3 heterocycles. The van der Waals surface area contributed by atoms with E-state index in [0.29, 0.717) is 24.9 Å². The van der Waals surface area contributed by atoms with Crippen LogP contribution in [0.5, 0.6) is 0 Å². The van der Waals surface area contributed by atoms with Gasteiger partial charge >= 0.3 is 0 Å². The van der Waals surface area contributed by atoms with Gasteiger partial charge in [-0.25, -0.2) is 0 Å². The van der Waals surface area contributed by atoms with E-state index in [1.807, 2.05) is 30.3 Å². The molecule has 0 saturated carbocycles. The number of benzene rings is 2. The Balaban J connectivity index is 1.27. The second-order valence-corrected chi connectivity index (χ2v) is 8.90. The molecule has 8 nitrogen and oxygen atoms in total. The largest absolute Gasteiger partial charge is 0.378 e. The molecule has 9 heteroatoms. The molecule has 4 aromatic rings. The Hall–Kier alpha value is -3.17. The molecule has 0 aliphatic carbocycles. The molecule has 1 aliphatic rings. The lowest BCUT2D eigenvalue weighted by Gasteiger charge is -2.28. The molecule has 2 aromatic heterocycles. The van der Waals surface area contributed by atoms with Crippen LogP contribution >= 0.6 is 11.8 Å². The molecule has 0 radical (unpaired) electrons. The van der Waals surface area contributed by atoms with Crippen molar-refractivity contribution in [3.8, 4) is 17.1 Å². The fraction of sp³-hybridized carbons (Fsp3) is 0.333. The maximum atomic E-state index is 5.52. The second kappa shape index (κ2) is 10.2. The Morgan fingerprint density at radius 3 is 2.58 bits per heavy atom. The maximum Gasteiger partial charge on any atom is 0.232 e. The first-order valence-corrected chi connectivity index (χ1v) is 12.1. The van der Waals surface area contributed by atoms with Gasteiger partial charge < -0.3 is 14.2 Å². The molecule has 0 bridgehead atoms. The monoisotopic (exact) mass is 462 g/mol. The summed E-state index contributed by atoms with van der Waals surface area (Å²) in [6, 6.07) is 18.2. The fourth-order valence-electron chi connectivity index (χ4n) is 3.80. The summed E-state index contributed by atoms with van der Waals surface area (Å²) in [6.45, 7) is 5.16. The Labute approximate surface area is 197 Å². The van der Waals surface area contributed by atoms with Gasteiger partial charge in [0, 0.05) is 30.8 Å². The lowest BCUT2D eigenvalue weighted by Crippen LogP contribution is -2.38. The number of thioether (sulfide) groups is 1. The Bertz CT molecular complexity index is 1190. The van der Waals surface area contributed by atoms with Gasteiger partial charge in [-0.15, -0.1) is 10.2 Å². The van der Waals surface area contributed by atoms with E-state index in [4.69, 9.17) is 9.26 Å². The standard InChI is InChI=1S/C24H26N6O2S/c1-18-8-5-6-11-20(18)30-23(29-13-15-31-16-14-29)26-27-24(30)33-17-7-12-21-25-22(28-32-21)19-9-3-2-4-10-19/h2-6,8-11H,7,12-17H2,1H3. The van der Waals surface area contributed by atoms with Gasteiger partial charge in [-0.05, 0) is 25.0 Å². The first-order valence-electron chi connectivity index (χ1n) is 11.1. The van der Waals surface area contributed by atoms with E-state index < -0.39 is 0 Å². The molecular formula is C24H26N6O2S. The zero-order chi connectivity index (χ0) is 22.5. The van der Waals surface area contributed by atoms with Crippen LogP contribution in [0.15, 0.2) is 64.3 Å². The summed E-state index contributed by atoms with van der Waals surface area (Å²) in [6.07, 6.45) is 1.62. The zero-order valence-corrected chi connectivity index (χ0v) is 19.4. The summed E-state index contributed by atoms with van der Waals surface area (Å²) < 4.78 is 13.1. The normalized spacial score (nSPS) is 14.0. The van der Waals surface area contributed by atoms with Crippen molar-refractivity contribution in [2.75, 3.05) is 37.0 Å². The van der Waals surface area contributed by atoms with Gasteiger partial charge in [-0.1, -0.05) is 65.4 Å². The first kappa shape index (κ1) is 21.7. The minimum atomic E-state index is 0.632. The van der Waals surface area contributed by atoms with Gasteiger partial charge in [0.1, 0.15) is 0 Å². The van der Waals surface area contributed by atoms with Crippen molar-refractivity contribution in [2.24, 2.45) is 0 Å². The number of hydrogen-bond donors (Lipinski definition) is 0. The molecule has 0 N–H and O–H groups in total. The summed E-state index contributed by atoms with van der Waals surface area (Å²) in [5.41, 5.74) is 3.26. The molecule has 5 rings (SSSR count). The van der Waals surface area contributed by atoms with E-state index in [-0.39, 0.29) is 0 Å². The van der Waals surface area contributed by atoms with Crippen molar-refractivity contribution in [1.29, 1.82) is 0 Å². The number of morpholine rings is 1. The molecule has 1 saturated heterocycles. The number of para-hydroxylation sites is 1. The second-order valence-electron chi connectivity index (χ2n) is 7.83. The molecule has 0 unspecified atom stereocenters. The average Bonchev–Trinajstić information content (AvgIpc) is 3.51. The van der Waals surface area contributed by atoms with Gasteiger partial charge in [-0.2, -0.15) is 4.98 Å². The molecular weight excluding hydrogens is 436 g/mol. The Morgan fingerprint density at radius 2 is 1.76 bits per heavy atom. The van der Waals surface area contributed by atoms with E-state index >= 15 is 0 Å². The lowest BCUT2D eigenvalue weighted by atomic mass is 10.2. The zero-order valence-electron chi connectivity index (χ0n) is 18.6. The Kier molecular flexibility index (Phi) is 6.68. The number of hydrogen-bond acceptors (Lipinski definition) is 8.